The lowest BCUT2D eigenvalue weighted by Gasteiger charge is -2.20. The highest BCUT2D eigenvalue weighted by Crippen LogP contribution is 2.23. The van der Waals surface area contributed by atoms with Crippen LogP contribution in [0.1, 0.15) is 0 Å². The van der Waals surface area contributed by atoms with Crippen molar-refractivity contribution in [1.82, 2.24) is 0 Å². The predicted molar refractivity (Wildman–Crippen MR) is 52.4 cm³/mol. The maximum absolute atomic E-state index is 11.7. The zero-order chi connectivity index (χ0) is 12.3. The van der Waals surface area contributed by atoms with Gasteiger partial charge in [0.25, 0.3) is 0 Å². The number of Topliss-reactive ketones (excluding diaryl/α,β-unsaturated/α-hetero) is 2. The first kappa shape index (κ1) is 12.7. The van der Waals surface area contributed by atoms with Crippen molar-refractivity contribution < 1.29 is 30.0 Å². The average Bonchev–Trinajstić information content (AvgIpc) is 2.30. The van der Waals surface area contributed by atoms with E-state index in [-0.39, 0.29) is 22.3 Å². The van der Waals surface area contributed by atoms with Gasteiger partial charge in [-0.15, -0.1) is 0 Å². The summed E-state index contributed by atoms with van der Waals surface area (Å²) in [7, 11) is 0. The van der Waals surface area contributed by atoms with E-state index in [1.54, 1.807) is 0 Å². The third-order valence-electron chi connectivity index (χ3n) is 2.46. The molecule has 6 nitrogen and oxygen atoms in total. The molecule has 0 fully saturated rings. The smallest absolute Gasteiger partial charge is 0.190 e. The Labute approximate surface area is 91.1 Å². The van der Waals surface area contributed by atoms with Gasteiger partial charge in [-0.3, -0.25) is 9.59 Å². The van der Waals surface area contributed by atoms with Gasteiger partial charge >= 0.3 is 0 Å². The third-order valence-corrected chi connectivity index (χ3v) is 2.46. The molecule has 0 atom stereocenters. The molecule has 6 heteroatoms. The van der Waals surface area contributed by atoms with Gasteiger partial charge < -0.3 is 20.4 Å². The molecule has 0 aliphatic heterocycles. The highest BCUT2D eigenvalue weighted by atomic mass is 16.3. The Bertz CT molecular complexity index is 320. The van der Waals surface area contributed by atoms with E-state index in [1.165, 1.54) is 0 Å². The number of aliphatic hydroxyl groups is 4. The Morgan fingerprint density at radius 3 is 0.875 bits per heavy atom. The van der Waals surface area contributed by atoms with E-state index in [1.807, 2.05) is 0 Å². The minimum atomic E-state index is -0.710. The Morgan fingerprint density at radius 1 is 0.562 bits per heavy atom. The van der Waals surface area contributed by atoms with Gasteiger partial charge in [-0.2, -0.15) is 0 Å². The first-order valence-corrected chi connectivity index (χ1v) is 4.59. The third kappa shape index (κ3) is 1.83. The van der Waals surface area contributed by atoms with E-state index >= 15 is 0 Å². The second-order valence-corrected chi connectivity index (χ2v) is 3.20. The van der Waals surface area contributed by atoms with Gasteiger partial charge in [0.2, 0.25) is 0 Å². The number of carbonyl (C=O) groups excluding carboxylic acids is 2. The van der Waals surface area contributed by atoms with Crippen molar-refractivity contribution >= 4 is 11.6 Å². The standard InChI is InChI=1S/C10H12O6/c11-1-5-6(2-12)10(16)8(4-14)7(3-13)9(5)15/h11-14H,1-4H2. The zero-order valence-corrected chi connectivity index (χ0v) is 8.43. The van der Waals surface area contributed by atoms with Crippen molar-refractivity contribution in [3.05, 3.63) is 22.3 Å². The fourth-order valence-electron chi connectivity index (χ4n) is 1.58. The summed E-state index contributed by atoms with van der Waals surface area (Å²) >= 11 is 0. The van der Waals surface area contributed by atoms with Crippen LogP contribution in [-0.4, -0.2) is 58.4 Å². The number of aliphatic hydroxyl groups excluding tert-OH is 4. The largest absolute Gasteiger partial charge is 0.392 e. The van der Waals surface area contributed by atoms with E-state index in [0.717, 1.165) is 0 Å². The molecule has 0 aromatic heterocycles. The second kappa shape index (κ2) is 5.13. The fourth-order valence-corrected chi connectivity index (χ4v) is 1.58. The molecule has 0 radical (unpaired) electrons. The zero-order valence-electron chi connectivity index (χ0n) is 8.43. The number of hydrogen-bond acceptors (Lipinski definition) is 6. The quantitative estimate of drug-likeness (QED) is 0.402. The summed E-state index contributed by atoms with van der Waals surface area (Å²) in [6.45, 7) is -2.77. The number of rotatable bonds is 4. The van der Waals surface area contributed by atoms with Gasteiger partial charge in [0.05, 0.1) is 26.4 Å². The van der Waals surface area contributed by atoms with Crippen molar-refractivity contribution in [2.75, 3.05) is 26.4 Å². The molecule has 0 unspecified atom stereocenters. The van der Waals surface area contributed by atoms with Crippen molar-refractivity contribution in [2.24, 2.45) is 0 Å². The van der Waals surface area contributed by atoms with Crippen LogP contribution in [0.3, 0.4) is 0 Å². The summed E-state index contributed by atoms with van der Waals surface area (Å²) in [6, 6.07) is 0. The monoisotopic (exact) mass is 228 g/mol. The normalized spacial score (nSPS) is 17.5. The van der Waals surface area contributed by atoms with Gasteiger partial charge in [0.1, 0.15) is 0 Å². The van der Waals surface area contributed by atoms with Crippen LogP contribution in [0.5, 0.6) is 0 Å². The summed E-state index contributed by atoms with van der Waals surface area (Å²) in [5, 5.41) is 35.8. The molecule has 0 bridgehead atoms. The Kier molecular flexibility index (Phi) is 4.08. The first-order valence-electron chi connectivity index (χ1n) is 4.59. The van der Waals surface area contributed by atoms with E-state index in [2.05, 4.69) is 0 Å². The molecule has 0 aromatic carbocycles. The molecule has 16 heavy (non-hydrogen) atoms. The van der Waals surface area contributed by atoms with Crippen LogP contribution in [0.4, 0.5) is 0 Å². The van der Waals surface area contributed by atoms with Crippen molar-refractivity contribution in [1.29, 1.82) is 0 Å². The minimum absolute atomic E-state index is 0.228. The number of ketones is 2. The van der Waals surface area contributed by atoms with Crippen LogP contribution in [-0.2, 0) is 9.59 Å². The van der Waals surface area contributed by atoms with Crippen LogP contribution >= 0.6 is 0 Å². The molecule has 0 aromatic rings. The molecular formula is C10H12O6. The van der Waals surface area contributed by atoms with E-state index in [0.29, 0.717) is 0 Å². The molecule has 1 rings (SSSR count). The molecule has 4 N–H and O–H groups in total. The molecule has 0 saturated heterocycles. The summed E-state index contributed by atoms with van der Waals surface area (Å²) in [5.74, 6) is -1.42. The molecule has 88 valence electrons. The highest BCUT2D eigenvalue weighted by molar-refractivity contribution is 6.25. The maximum Gasteiger partial charge on any atom is 0.190 e. The van der Waals surface area contributed by atoms with E-state index < -0.39 is 38.0 Å². The van der Waals surface area contributed by atoms with Crippen molar-refractivity contribution in [3.8, 4) is 0 Å². The van der Waals surface area contributed by atoms with Crippen LogP contribution in [0, 0.1) is 0 Å². The summed E-state index contributed by atoms with van der Waals surface area (Å²) in [4.78, 5) is 23.3. The van der Waals surface area contributed by atoms with Gasteiger partial charge in [-0.1, -0.05) is 0 Å². The van der Waals surface area contributed by atoms with Crippen LogP contribution in [0.25, 0.3) is 0 Å². The SMILES string of the molecule is O=C1C(CO)=C(CO)C(=O)C(CO)=C1CO. The molecule has 0 heterocycles. The van der Waals surface area contributed by atoms with E-state index in [4.69, 9.17) is 20.4 Å². The summed E-state index contributed by atoms with van der Waals surface area (Å²) in [6.07, 6.45) is 0. The van der Waals surface area contributed by atoms with Crippen molar-refractivity contribution in [2.45, 2.75) is 0 Å². The lowest BCUT2D eigenvalue weighted by atomic mass is 9.85. The minimum Gasteiger partial charge on any atom is -0.392 e. The lowest BCUT2D eigenvalue weighted by Crippen LogP contribution is -2.30. The van der Waals surface area contributed by atoms with Gasteiger partial charge in [0.15, 0.2) is 11.6 Å². The molecule has 0 amide bonds. The Hall–Kier alpha value is -1.34. The molecule has 0 spiro atoms. The van der Waals surface area contributed by atoms with Crippen LogP contribution in [0.15, 0.2) is 22.3 Å². The number of hydrogen-bond donors (Lipinski definition) is 4. The Balaban J connectivity index is 3.35. The topological polar surface area (TPSA) is 115 Å². The number of carbonyl (C=O) groups is 2. The van der Waals surface area contributed by atoms with E-state index in [9.17, 15) is 9.59 Å². The van der Waals surface area contributed by atoms with Crippen LogP contribution in [0.2, 0.25) is 0 Å². The average molecular weight is 228 g/mol. The summed E-state index contributed by atoms with van der Waals surface area (Å²) < 4.78 is 0. The maximum atomic E-state index is 11.7. The first-order chi connectivity index (χ1) is 7.62. The fraction of sp³-hybridized carbons (Fsp3) is 0.400. The second-order valence-electron chi connectivity index (χ2n) is 3.20. The highest BCUT2D eigenvalue weighted by Gasteiger charge is 2.32. The van der Waals surface area contributed by atoms with Crippen molar-refractivity contribution in [3.63, 3.8) is 0 Å². The molecule has 1 aliphatic rings. The summed E-state index contributed by atoms with van der Waals surface area (Å²) in [5.41, 5.74) is -0.912. The van der Waals surface area contributed by atoms with Crippen LogP contribution < -0.4 is 0 Å². The molecule has 0 saturated carbocycles. The molecular weight excluding hydrogens is 216 g/mol. The lowest BCUT2D eigenvalue weighted by molar-refractivity contribution is -0.117. The van der Waals surface area contributed by atoms with Gasteiger partial charge in [-0.05, 0) is 0 Å². The molecule has 1 aliphatic carbocycles. The van der Waals surface area contributed by atoms with Gasteiger partial charge in [-0.25, -0.2) is 0 Å². The Morgan fingerprint density at radius 2 is 0.750 bits per heavy atom. The van der Waals surface area contributed by atoms with Gasteiger partial charge in [0, 0.05) is 22.3 Å². The predicted octanol–water partition coefficient (Wildman–Crippen LogP) is -2.30.